The summed E-state index contributed by atoms with van der Waals surface area (Å²) in [5, 5.41) is 20.6. The van der Waals surface area contributed by atoms with Gasteiger partial charge < -0.3 is 19.4 Å². The van der Waals surface area contributed by atoms with Gasteiger partial charge in [-0.1, -0.05) is 29.8 Å². The highest BCUT2D eigenvalue weighted by atomic mass is 35.5. The first kappa shape index (κ1) is 19.1. The predicted molar refractivity (Wildman–Crippen MR) is 113 cm³/mol. The number of hydrogen-bond donors (Lipinski definition) is 2. The van der Waals surface area contributed by atoms with Gasteiger partial charge in [0.2, 0.25) is 11.3 Å². The summed E-state index contributed by atoms with van der Waals surface area (Å²) in [5.74, 6) is -1.58. The summed E-state index contributed by atoms with van der Waals surface area (Å²) in [4.78, 5) is 29.0. The van der Waals surface area contributed by atoms with Crippen molar-refractivity contribution in [2.75, 3.05) is 0 Å². The molecule has 1 atom stereocenters. The second kappa shape index (κ2) is 7.14. The zero-order valence-corrected chi connectivity index (χ0v) is 16.6. The molecular formula is C23H14ClNO6. The number of halogens is 1. The van der Waals surface area contributed by atoms with E-state index in [9.17, 15) is 19.8 Å². The summed E-state index contributed by atoms with van der Waals surface area (Å²) in [5.41, 5.74) is 1.40. The van der Waals surface area contributed by atoms with Crippen LogP contribution in [-0.2, 0) is 4.79 Å². The molecule has 2 aromatic carbocycles. The lowest BCUT2D eigenvalue weighted by Gasteiger charge is -2.27. The van der Waals surface area contributed by atoms with Crippen LogP contribution in [0, 0.1) is 0 Å². The van der Waals surface area contributed by atoms with Crippen LogP contribution in [0.4, 0.5) is 0 Å². The maximum absolute atomic E-state index is 13.3. The number of carboxylic acid groups (broad SMARTS) is 1. The van der Waals surface area contributed by atoms with Crippen molar-refractivity contribution in [2.45, 2.75) is 12.3 Å². The molecule has 3 heterocycles. The number of rotatable bonds is 3. The average molecular weight is 436 g/mol. The Bertz CT molecular complexity index is 1410. The smallest absolute Gasteiger partial charge is 0.304 e. The van der Waals surface area contributed by atoms with Crippen molar-refractivity contribution in [2.24, 2.45) is 0 Å². The van der Waals surface area contributed by atoms with E-state index >= 15 is 0 Å². The minimum absolute atomic E-state index is 0.0440. The fourth-order valence-electron chi connectivity index (χ4n) is 3.93. The molecule has 0 saturated carbocycles. The van der Waals surface area contributed by atoms with Crippen LogP contribution < -0.4 is 10.2 Å². The molecule has 0 aliphatic carbocycles. The quantitative estimate of drug-likeness (QED) is 0.469. The third kappa shape index (κ3) is 3.10. The predicted octanol–water partition coefficient (Wildman–Crippen LogP) is 4.93. The van der Waals surface area contributed by atoms with E-state index in [1.54, 1.807) is 36.4 Å². The number of carboxylic acids is 1. The monoisotopic (exact) mass is 435 g/mol. The van der Waals surface area contributed by atoms with Gasteiger partial charge >= 0.3 is 5.97 Å². The first-order chi connectivity index (χ1) is 14.9. The van der Waals surface area contributed by atoms with Gasteiger partial charge in [0.05, 0.1) is 12.0 Å². The van der Waals surface area contributed by atoms with Crippen LogP contribution in [0.15, 0.2) is 64.1 Å². The van der Waals surface area contributed by atoms with E-state index in [1.807, 2.05) is 0 Å². The maximum Gasteiger partial charge on any atom is 0.304 e. The lowest BCUT2D eigenvalue weighted by atomic mass is 9.85. The Morgan fingerprint density at radius 3 is 2.71 bits per heavy atom. The number of nitrogens with zero attached hydrogens (tertiary/aromatic N) is 1. The van der Waals surface area contributed by atoms with Crippen LogP contribution in [0.3, 0.4) is 0 Å². The lowest BCUT2D eigenvalue weighted by Crippen LogP contribution is -2.16. The molecule has 1 aliphatic rings. The number of hydrogen-bond acceptors (Lipinski definition) is 6. The third-order valence-corrected chi connectivity index (χ3v) is 5.54. The molecule has 0 radical (unpaired) electrons. The number of aliphatic carboxylic acids is 1. The summed E-state index contributed by atoms with van der Waals surface area (Å²) in [6.45, 7) is 0. The van der Waals surface area contributed by atoms with Crippen LogP contribution in [0.1, 0.15) is 23.5 Å². The Morgan fingerprint density at radius 1 is 1.19 bits per heavy atom. The van der Waals surface area contributed by atoms with Gasteiger partial charge in [0, 0.05) is 34.3 Å². The number of phenols is 1. The summed E-state index contributed by atoms with van der Waals surface area (Å²) in [7, 11) is 0. The summed E-state index contributed by atoms with van der Waals surface area (Å²) >= 11 is 5.93. The van der Waals surface area contributed by atoms with Crippen LogP contribution in [0.5, 0.6) is 17.4 Å². The van der Waals surface area contributed by atoms with Crippen molar-refractivity contribution >= 4 is 28.5 Å². The standard InChI is InChI=1S/C23H14ClNO6/c24-12-5-3-11(4-6-12)15-10-30-22-19-14(8-18(27)28)13-2-1-7-25-23(13)31-17(19)9-16(26)20(22)21(15)29/h1-7,9-10,14,26H,8H2,(H,27,28)/t14-/m1/s1. The third-order valence-electron chi connectivity index (χ3n) is 5.29. The van der Waals surface area contributed by atoms with E-state index in [2.05, 4.69) is 4.98 Å². The Hall–Kier alpha value is -3.84. The van der Waals surface area contributed by atoms with Crippen molar-refractivity contribution in [3.05, 3.63) is 81.3 Å². The van der Waals surface area contributed by atoms with Crippen molar-refractivity contribution in [1.29, 1.82) is 0 Å². The lowest BCUT2D eigenvalue weighted by molar-refractivity contribution is -0.137. The Labute approximate surface area is 180 Å². The Kier molecular flexibility index (Phi) is 4.41. The summed E-state index contributed by atoms with van der Waals surface area (Å²) < 4.78 is 11.6. The normalized spacial score (nSPS) is 14.5. The minimum atomic E-state index is -1.03. The summed E-state index contributed by atoms with van der Waals surface area (Å²) in [6, 6.07) is 11.3. The largest absolute Gasteiger partial charge is 0.507 e. The first-order valence-corrected chi connectivity index (χ1v) is 9.73. The molecule has 0 fully saturated rings. The van der Waals surface area contributed by atoms with Crippen molar-refractivity contribution in [1.82, 2.24) is 4.98 Å². The molecule has 0 bridgehead atoms. The molecule has 0 amide bonds. The van der Waals surface area contributed by atoms with Gasteiger partial charge in [0.25, 0.3) is 0 Å². The zero-order valence-electron chi connectivity index (χ0n) is 15.8. The van der Waals surface area contributed by atoms with E-state index in [-0.39, 0.29) is 40.3 Å². The van der Waals surface area contributed by atoms with Crippen LogP contribution in [-0.4, -0.2) is 21.2 Å². The van der Waals surface area contributed by atoms with Gasteiger partial charge in [0.1, 0.15) is 28.7 Å². The molecule has 31 heavy (non-hydrogen) atoms. The van der Waals surface area contributed by atoms with Gasteiger partial charge in [-0.05, 0) is 23.8 Å². The van der Waals surface area contributed by atoms with Gasteiger partial charge in [-0.2, -0.15) is 0 Å². The maximum atomic E-state index is 13.3. The topological polar surface area (TPSA) is 110 Å². The van der Waals surface area contributed by atoms with Gasteiger partial charge in [-0.3, -0.25) is 9.59 Å². The van der Waals surface area contributed by atoms with Crippen LogP contribution in [0.25, 0.3) is 22.1 Å². The van der Waals surface area contributed by atoms with E-state index in [1.165, 1.54) is 18.5 Å². The number of fused-ring (bicyclic) bond motifs is 4. The molecule has 0 saturated heterocycles. The van der Waals surface area contributed by atoms with Gasteiger partial charge in [0.15, 0.2) is 0 Å². The summed E-state index contributed by atoms with van der Waals surface area (Å²) in [6.07, 6.45) is 2.56. The highest BCUT2D eigenvalue weighted by Gasteiger charge is 2.34. The SMILES string of the molecule is O=C(O)C[C@@H]1c2cccnc2Oc2cc(O)c3c(=O)c(-c4ccc(Cl)cc4)coc3c21. The number of ether oxygens (including phenoxy) is 1. The van der Waals surface area contributed by atoms with Crippen LogP contribution in [0.2, 0.25) is 5.02 Å². The van der Waals surface area contributed by atoms with Crippen molar-refractivity contribution in [3.8, 4) is 28.5 Å². The molecule has 2 aromatic heterocycles. The molecule has 4 aromatic rings. The van der Waals surface area contributed by atoms with Crippen LogP contribution >= 0.6 is 11.6 Å². The average Bonchev–Trinajstić information content (AvgIpc) is 2.74. The molecule has 7 nitrogen and oxygen atoms in total. The number of carbonyl (C=O) groups is 1. The molecule has 2 N–H and O–H groups in total. The molecular weight excluding hydrogens is 422 g/mol. The number of aromatic hydroxyl groups is 1. The number of pyridine rings is 1. The molecule has 154 valence electrons. The Balaban J connectivity index is 1.79. The van der Waals surface area contributed by atoms with Crippen molar-refractivity contribution in [3.63, 3.8) is 0 Å². The second-order valence-corrected chi connectivity index (χ2v) is 7.58. The van der Waals surface area contributed by atoms with Gasteiger partial charge in [-0.25, -0.2) is 4.98 Å². The van der Waals surface area contributed by atoms with Gasteiger partial charge in [-0.15, -0.1) is 0 Å². The molecule has 1 aliphatic heterocycles. The fourth-order valence-corrected chi connectivity index (χ4v) is 4.05. The van der Waals surface area contributed by atoms with E-state index in [0.29, 0.717) is 21.7 Å². The highest BCUT2D eigenvalue weighted by molar-refractivity contribution is 6.30. The Morgan fingerprint density at radius 2 is 1.97 bits per heavy atom. The minimum Gasteiger partial charge on any atom is -0.507 e. The second-order valence-electron chi connectivity index (χ2n) is 7.15. The molecule has 0 spiro atoms. The number of aromatic nitrogens is 1. The number of phenolic OH excluding ortho intramolecular Hbond substituents is 1. The molecule has 8 heteroatoms. The van der Waals surface area contributed by atoms with E-state index in [0.717, 1.165) is 0 Å². The molecule has 0 unspecified atom stereocenters. The van der Waals surface area contributed by atoms with Crippen molar-refractivity contribution < 1.29 is 24.2 Å². The molecule has 5 rings (SSSR count). The number of benzene rings is 2. The highest BCUT2D eigenvalue weighted by Crippen LogP contribution is 2.49. The fraction of sp³-hybridized carbons (Fsp3) is 0.0870. The first-order valence-electron chi connectivity index (χ1n) is 9.36. The van der Waals surface area contributed by atoms with E-state index in [4.69, 9.17) is 20.8 Å². The zero-order chi connectivity index (χ0) is 21.7. The van der Waals surface area contributed by atoms with E-state index < -0.39 is 17.3 Å².